The van der Waals surface area contributed by atoms with Gasteiger partial charge in [-0.3, -0.25) is 19.0 Å². The molecule has 0 spiro atoms. The molecule has 0 saturated carbocycles. The van der Waals surface area contributed by atoms with Gasteiger partial charge in [0.05, 0.1) is 42.0 Å². The van der Waals surface area contributed by atoms with E-state index >= 15 is 0 Å². The smallest absolute Gasteiger partial charge is 0.274 e. The Morgan fingerprint density at radius 1 is 1.37 bits per heavy atom. The number of carbonyl (C=O) groups excluding carboxylic acids is 2. The molecule has 3 heterocycles. The van der Waals surface area contributed by atoms with Gasteiger partial charge in [-0.15, -0.1) is 0 Å². The molecule has 9 nitrogen and oxygen atoms in total. The summed E-state index contributed by atoms with van der Waals surface area (Å²) in [5.41, 5.74) is 1.27. The van der Waals surface area contributed by atoms with E-state index in [0.717, 1.165) is 5.69 Å². The lowest BCUT2D eigenvalue weighted by atomic mass is 10.3. The largest absolute Gasteiger partial charge is 0.467 e. The minimum absolute atomic E-state index is 0.135. The molecule has 27 heavy (non-hydrogen) atoms. The molecule has 0 radical (unpaired) electrons. The minimum Gasteiger partial charge on any atom is -0.467 e. The Hall–Kier alpha value is -3.07. The molecule has 0 atom stereocenters. The lowest BCUT2D eigenvalue weighted by molar-refractivity contribution is -0.116. The van der Waals surface area contributed by atoms with E-state index in [2.05, 4.69) is 20.8 Å². The summed E-state index contributed by atoms with van der Waals surface area (Å²) in [5.74, 6) is -0.0378. The van der Waals surface area contributed by atoms with Crippen LogP contribution in [0.3, 0.4) is 0 Å². The summed E-state index contributed by atoms with van der Waals surface area (Å²) >= 11 is 5.95. The van der Waals surface area contributed by atoms with E-state index in [9.17, 15) is 9.59 Å². The van der Waals surface area contributed by atoms with Gasteiger partial charge in [0, 0.05) is 19.7 Å². The first-order valence-electron chi connectivity index (χ1n) is 8.26. The van der Waals surface area contributed by atoms with Crippen molar-refractivity contribution < 1.29 is 14.0 Å². The summed E-state index contributed by atoms with van der Waals surface area (Å²) in [5, 5.41) is 14.2. The standard InChI is InChI=1S/C17H19ClN6O3/c1-11-13(18)9-20-24(11)6-5-15(25)21-14-10-23(2)22-16(14)17(26)19-8-12-4-3-7-27-12/h3-4,7,9-10H,5-6,8H2,1-2H3,(H,19,26)(H,21,25). The number of carbonyl (C=O) groups is 2. The van der Waals surface area contributed by atoms with Crippen LogP contribution in [0.2, 0.25) is 5.02 Å². The van der Waals surface area contributed by atoms with Gasteiger partial charge < -0.3 is 15.1 Å². The van der Waals surface area contributed by atoms with Gasteiger partial charge in [0.2, 0.25) is 5.91 Å². The fraction of sp³-hybridized carbons (Fsp3) is 0.294. The first-order valence-corrected chi connectivity index (χ1v) is 8.64. The van der Waals surface area contributed by atoms with Crippen molar-refractivity contribution in [1.29, 1.82) is 0 Å². The Bertz CT molecular complexity index is 944. The SMILES string of the molecule is Cc1c(Cl)cnn1CCC(=O)Nc1cn(C)nc1C(=O)NCc1ccco1. The maximum atomic E-state index is 12.4. The van der Waals surface area contributed by atoms with Gasteiger partial charge in [-0.1, -0.05) is 11.6 Å². The number of nitrogens with one attached hydrogen (secondary N) is 2. The third-order valence-corrected chi connectivity index (χ3v) is 4.29. The highest BCUT2D eigenvalue weighted by atomic mass is 35.5. The number of nitrogens with zero attached hydrogens (tertiary/aromatic N) is 4. The van der Waals surface area contributed by atoms with E-state index < -0.39 is 5.91 Å². The van der Waals surface area contributed by atoms with Crippen LogP contribution in [-0.4, -0.2) is 31.4 Å². The lowest BCUT2D eigenvalue weighted by Gasteiger charge is -2.07. The third-order valence-electron chi connectivity index (χ3n) is 3.92. The van der Waals surface area contributed by atoms with Crippen LogP contribution in [-0.2, 0) is 24.9 Å². The summed E-state index contributed by atoms with van der Waals surface area (Å²) in [6.45, 7) is 2.44. The maximum absolute atomic E-state index is 12.4. The number of hydrogen-bond acceptors (Lipinski definition) is 5. The highest BCUT2D eigenvalue weighted by Crippen LogP contribution is 2.16. The zero-order valence-corrected chi connectivity index (χ0v) is 15.7. The van der Waals surface area contributed by atoms with Crippen LogP contribution < -0.4 is 10.6 Å². The number of anilines is 1. The van der Waals surface area contributed by atoms with Crippen molar-refractivity contribution in [2.24, 2.45) is 7.05 Å². The van der Waals surface area contributed by atoms with Crippen molar-refractivity contribution in [3.05, 3.63) is 53.0 Å². The molecule has 3 aromatic rings. The van der Waals surface area contributed by atoms with Crippen LogP contribution in [0.1, 0.15) is 28.4 Å². The van der Waals surface area contributed by atoms with Gasteiger partial charge in [-0.25, -0.2) is 0 Å². The fourth-order valence-electron chi connectivity index (χ4n) is 2.48. The van der Waals surface area contributed by atoms with Crippen molar-refractivity contribution in [3.63, 3.8) is 0 Å². The molecule has 0 saturated heterocycles. The number of aryl methyl sites for hydroxylation is 2. The molecule has 0 aliphatic carbocycles. The summed E-state index contributed by atoms with van der Waals surface area (Å²) in [6, 6.07) is 3.49. The zero-order chi connectivity index (χ0) is 19.4. The summed E-state index contributed by atoms with van der Waals surface area (Å²) in [7, 11) is 1.67. The van der Waals surface area contributed by atoms with E-state index in [1.54, 1.807) is 30.1 Å². The third kappa shape index (κ3) is 4.56. The number of hydrogen-bond donors (Lipinski definition) is 2. The predicted molar refractivity (Wildman–Crippen MR) is 98.3 cm³/mol. The van der Waals surface area contributed by atoms with E-state index in [1.807, 2.05) is 6.92 Å². The summed E-state index contributed by atoms with van der Waals surface area (Å²) in [6.07, 6.45) is 4.83. The van der Waals surface area contributed by atoms with E-state index in [1.165, 1.54) is 17.1 Å². The second-order valence-electron chi connectivity index (χ2n) is 5.93. The summed E-state index contributed by atoms with van der Waals surface area (Å²) < 4.78 is 8.30. The van der Waals surface area contributed by atoms with Gasteiger partial charge >= 0.3 is 0 Å². The number of furan rings is 1. The van der Waals surface area contributed by atoms with Crippen molar-refractivity contribution in [2.75, 3.05) is 5.32 Å². The van der Waals surface area contributed by atoms with Gasteiger partial charge in [-0.05, 0) is 19.1 Å². The summed E-state index contributed by atoms with van der Waals surface area (Å²) in [4.78, 5) is 24.6. The second kappa shape index (κ2) is 8.09. The Morgan fingerprint density at radius 3 is 2.85 bits per heavy atom. The molecule has 142 valence electrons. The molecular formula is C17H19ClN6O3. The molecule has 0 bridgehead atoms. The highest BCUT2D eigenvalue weighted by molar-refractivity contribution is 6.31. The first-order chi connectivity index (χ1) is 12.9. The Balaban J connectivity index is 1.60. The van der Waals surface area contributed by atoms with E-state index in [0.29, 0.717) is 23.0 Å². The van der Waals surface area contributed by atoms with Gasteiger partial charge in [-0.2, -0.15) is 10.2 Å². The maximum Gasteiger partial charge on any atom is 0.274 e. The van der Waals surface area contributed by atoms with Gasteiger partial charge in [0.15, 0.2) is 5.69 Å². The van der Waals surface area contributed by atoms with Crippen molar-refractivity contribution >= 4 is 29.1 Å². The van der Waals surface area contributed by atoms with E-state index in [4.69, 9.17) is 16.0 Å². The second-order valence-corrected chi connectivity index (χ2v) is 6.33. The molecule has 10 heteroatoms. The van der Waals surface area contributed by atoms with Crippen LogP contribution in [0.4, 0.5) is 5.69 Å². The topological polar surface area (TPSA) is 107 Å². The lowest BCUT2D eigenvalue weighted by Crippen LogP contribution is -2.25. The molecular weight excluding hydrogens is 372 g/mol. The highest BCUT2D eigenvalue weighted by Gasteiger charge is 2.18. The van der Waals surface area contributed by atoms with Crippen LogP contribution >= 0.6 is 11.6 Å². The molecule has 2 amide bonds. The number of aromatic nitrogens is 4. The van der Waals surface area contributed by atoms with Crippen molar-refractivity contribution in [3.8, 4) is 0 Å². The van der Waals surface area contributed by atoms with Crippen LogP contribution in [0, 0.1) is 6.92 Å². The fourth-order valence-corrected chi connectivity index (χ4v) is 2.62. The molecule has 0 aromatic carbocycles. The monoisotopic (exact) mass is 390 g/mol. The Morgan fingerprint density at radius 2 is 2.19 bits per heavy atom. The molecule has 0 unspecified atom stereocenters. The normalized spacial score (nSPS) is 10.8. The molecule has 3 aromatic heterocycles. The zero-order valence-electron chi connectivity index (χ0n) is 14.9. The van der Waals surface area contributed by atoms with Crippen LogP contribution in [0.5, 0.6) is 0 Å². The van der Waals surface area contributed by atoms with Crippen molar-refractivity contribution in [2.45, 2.75) is 26.4 Å². The van der Waals surface area contributed by atoms with Crippen LogP contribution in [0.15, 0.2) is 35.2 Å². The average Bonchev–Trinajstić information content (AvgIpc) is 3.34. The molecule has 2 N–H and O–H groups in total. The molecule has 3 rings (SSSR count). The number of rotatable bonds is 7. The van der Waals surface area contributed by atoms with E-state index in [-0.39, 0.29) is 24.6 Å². The Kier molecular flexibility index (Phi) is 5.60. The number of amides is 2. The molecule has 0 fully saturated rings. The Labute approximate surface area is 160 Å². The van der Waals surface area contributed by atoms with Gasteiger partial charge in [0.25, 0.3) is 5.91 Å². The minimum atomic E-state index is -0.406. The molecule has 0 aliphatic heterocycles. The van der Waals surface area contributed by atoms with Crippen molar-refractivity contribution in [1.82, 2.24) is 24.9 Å². The average molecular weight is 391 g/mol. The predicted octanol–water partition coefficient (Wildman–Crippen LogP) is 2.13. The van der Waals surface area contributed by atoms with Gasteiger partial charge in [0.1, 0.15) is 5.76 Å². The number of halogens is 1. The van der Waals surface area contributed by atoms with Crippen LogP contribution in [0.25, 0.3) is 0 Å². The first kappa shape index (κ1) is 18.7. The molecule has 0 aliphatic rings. The quantitative estimate of drug-likeness (QED) is 0.642.